The van der Waals surface area contributed by atoms with Gasteiger partial charge in [-0.2, -0.15) is 0 Å². The molecule has 24 heavy (non-hydrogen) atoms. The maximum absolute atomic E-state index is 11.2. The topological polar surface area (TPSA) is 55.6 Å². The normalized spacial score (nSPS) is 19.9. The minimum absolute atomic E-state index is 0.00836. The third-order valence-corrected chi connectivity index (χ3v) is 4.81. The molecule has 1 aromatic carbocycles. The Morgan fingerprint density at radius 1 is 1.25 bits per heavy atom. The molecule has 0 unspecified atom stereocenters. The smallest absolute Gasteiger partial charge is 0.310 e. The zero-order valence-electron chi connectivity index (χ0n) is 15.7. The molecule has 0 N–H and O–H groups in total. The van der Waals surface area contributed by atoms with Gasteiger partial charge in [-0.15, -0.1) is 0 Å². The summed E-state index contributed by atoms with van der Waals surface area (Å²) in [5, 5.41) is 11.2. The van der Waals surface area contributed by atoms with Gasteiger partial charge in [0.1, 0.15) is 0 Å². The van der Waals surface area contributed by atoms with Crippen LogP contribution in [0.15, 0.2) is 24.3 Å². The SMILES string of the molecule is CC(C)Oc1cc(C2=CC(C)(C)N(C)C(C)(C)C2)ccc1[N+](=O)[O-]. The number of nitro benzene ring substituents is 1. The number of benzene rings is 1. The van der Waals surface area contributed by atoms with Crippen molar-refractivity contribution in [2.45, 2.75) is 65.1 Å². The zero-order chi connectivity index (χ0) is 18.3. The highest BCUT2D eigenvalue weighted by Crippen LogP contribution is 2.41. The van der Waals surface area contributed by atoms with E-state index in [4.69, 9.17) is 4.74 Å². The Kier molecular flexibility index (Phi) is 4.77. The van der Waals surface area contributed by atoms with Crippen LogP contribution in [-0.4, -0.2) is 34.1 Å². The van der Waals surface area contributed by atoms with Crippen LogP contribution in [0.4, 0.5) is 5.69 Å². The lowest BCUT2D eigenvalue weighted by Gasteiger charge is -2.49. The lowest BCUT2D eigenvalue weighted by molar-refractivity contribution is -0.386. The maximum atomic E-state index is 11.2. The van der Waals surface area contributed by atoms with Crippen LogP contribution in [0.2, 0.25) is 0 Å². The summed E-state index contributed by atoms with van der Waals surface area (Å²) < 4.78 is 5.68. The van der Waals surface area contributed by atoms with Gasteiger partial charge < -0.3 is 4.74 Å². The molecule has 0 aliphatic carbocycles. The van der Waals surface area contributed by atoms with Gasteiger partial charge in [-0.05, 0) is 78.3 Å². The van der Waals surface area contributed by atoms with Crippen molar-refractivity contribution in [2.24, 2.45) is 0 Å². The van der Waals surface area contributed by atoms with E-state index in [0.29, 0.717) is 5.75 Å². The molecule has 0 aromatic heterocycles. The van der Waals surface area contributed by atoms with Crippen LogP contribution < -0.4 is 4.74 Å². The number of hydrogen-bond acceptors (Lipinski definition) is 4. The van der Waals surface area contributed by atoms with Gasteiger partial charge in [0.05, 0.1) is 11.0 Å². The van der Waals surface area contributed by atoms with Crippen LogP contribution in [0.1, 0.15) is 53.5 Å². The first kappa shape index (κ1) is 18.5. The van der Waals surface area contributed by atoms with Crippen molar-refractivity contribution in [1.82, 2.24) is 4.90 Å². The van der Waals surface area contributed by atoms with Crippen molar-refractivity contribution >= 4 is 11.3 Å². The van der Waals surface area contributed by atoms with E-state index in [1.54, 1.807) is 12.1 Å². The first-order valence-corrected chi connectivity index (χ1v) is 8.35. The van der Waals surface area contributed by atoms with Crippen LogP contribution in [0.25, 0.3) is 5.57 Å². The van der Waals surface area contributed by atoms with Gasteiger partial charge in [-0.3, -0.25) is 15.0 Å². The van der Waals surface area contributed by atoms with Crippen LogP contribution in [0.5, 0.6) is 5.75 Å². The van der Waals surface area contributed by atoms with Crippen molar-refractivity contribution in [3.63, 3.8) is 0 Å². The standard InChI is InChI=1S/C19H28N2O3/c1-13(2)24-17-10-14(8-9-16(17)21(22)23)15-11-18(3,4)20(7)19(5,6)12-15/h8-11,13H,12H2,1-7H3. The molecule has 1 aliphatic heterocycles. The Balaban J connectivity index is 2.51. The fourth-order valence-corrected chi connectivity index (χ4v) is 3.34. The monoisotopic (exact) mass is 332 g/mol. The molecular formula is C19H28N2O3. The summed E-state index contributed by atoms with van der Waals surface area (Å²) in [5.74, 6) is 0.336. The van der Waals surface area contributed by atoms with Crippen LogP contribution in [-0.2, 0) is 0 Å². The molecule has 1 aliphatic rings. The molecule has 5 nitrogen and oxygen atoms in total. The molecule has 0 amide bonds. The molecule has 0 saturated carbocycles. The van der Waals surface area contributed by atoms with Gasteiger partial charge in [0.2, 0.25) is 0 Å². The Labute approximate surface area is 144 Å². The Morgan fingerprint density at radius 2 is 1.88 bits per heavy atom. The van der Waals surface area contributed by atoms with Gasteiger partial charge in [0, 0.05) is 17.1 Å². The molecule has 0 saturated heterocycles. The van der Waals surface area contributed by atoms with Gasteiger partial charge in [0.25, 0.3) is 0 Å². The maximum Gasteiger partial charge on any atom is 0.310 e. The number of nitrogens with zero attached hydrogens (tertiary/aromatic N) is 2. The Morgan fingerprint density at radius 3 is 2.38 bits per heavy atom. The Bertz CT molecular complexity index is 675. The molecule has 0 fully saturated rings. The van der Waals surface area contributed by atoms with Crippen LogP contribution in [0.3, 0.4) is 0 Å². The molecular weight excluding hydrogens is 304 g/mol. The molecule has 1 aromatic rings. The molecule has 0 radical (unpaired) electrons. The minimum Gasteiger partial charge on any atom is -0.484 e. The first-order valence-electron chi connectivity index (χ1n) is 8.35. The molecule has 1 heterocycles. The van der Waals surface area contributed by atoms with Crippen molar-refractivity contribution < 1.29 is 9.66 Å². The van der Waals surface area contributed by atoms with Gasteiger partial charge >= 0.3 is 5.69 Å². The second-order valence-electron chi connectivity index (χ2n) is 7.98. The first-order chi connectivity index (χ1) is 10.9. The average molecular weight is 332 g/mol. The zero-order valence-corrected chi connectivity index (χ0v) is 15.7. The summed E-state index contributed by atoms with van der Waals surface area (Å²) in [7, 11) is 2.14. The van der Waals surface area contributed by atoms with Crippen molar-refractivity contribution in [3.05, 3.63) is 40.0 Å². The second-order valence-corrected chi connectivity index (χ2v) is 7.98. The summed E-state index contributed by atoms with van der Waals surface area (Å²) in [4.78, 5) is 13.2. The quantitative estimate of drug-likeness (QED) is 0.594. The Hall–Kier alpha value is -1.88. The number of likely N-dealkylation sites (N-methyl/N-ethyl adjacent to an activating group) is 1. The summed E-state index contributed by atoms with van der Waals surface area (Å²) in [6.45, 7) is 12.6. The molecule has 0 atom stereocenters. The summed E-state index contributed by atoms with van der Waals surface area (Å²) in [6, 6.07) is 5.18. The highest BCUT2D eigenvalue weighted by atomic mass is 16.6. The number of nitro groups is 1. The third kappa shape index (κ3) is 3.61. The van der Waals surface area contributed by atoms with Crippen molar-refractivity contribution in [2.75, 3.05) is 7.05 Å². The van der Waals surface area contributed by atoms with Crippen molar-refractivity contribution in [1.29, 1.82) is 0 Å². The summed E-state index contributed by atoms with van der Waals surface area (Å²) >= 11 is 0. The lowest BCUT2D eigenvalue weighted by Crippen LogP contribution is -2.54. The van der Waals surface area contributed by atoms with E-state index in [1.807, 2.05) is 19.9 Å². The fourth-order valence-electron chi connectivity index (χ4n) is 3.34. The predicted octanol–water partition coefficient (Wildman–Crippen LogP) is 4.66. The highest BCUT2D eigenvalue weighted by molar-refractivity contribution is 5.71. The largest absolute Gasteiger partial charge is 0.484 e. The van der Waals surface area contributed by atoms with Crippen LogP contribution in [0, 0.1) is 10.1 Å². The number of ether oxygens (including phenoxy) is 1. The number of rotatable bonds is 4. The molecule has 5 heteroatoms. The lowest BCUT2D eigenvalue weighted by atomic mass is 9.79. The summed E-state index contributed by atoms with van der Waals surface area (Å²) in [5.41, 5.74) is 2.13. The minimum atomic E-state index is -0.390. The van der Waals surface area contributed by atoms with Gasteiger partial charge in [0.15, 0.2) is 5.75 Å². The van der Waals surface area contributed by atoms with Gasteiger partial charge in [-0.1, -0.05) is 6.08 Å². The summed E-state index contributed by atoms with van der Waals surface area (Å²) in [6.07, 6.45) is 3.02. The van der Waals surface area contributed by atoms with E-state index in [1.165, 1.54) is 5.57 Å². The third-order valence-electron chi connectivity index (χ3n) is 4.81. The number of hydrogen-bond donors (Lipinski definition) is 0. The fraction of sp³-hybridized carbons (Fsp3) is 0.579. The molecule has 0 bridgehead atoms. The van der Waals surface area contributed by atoms with E-state index < -0.39 is 4.92 Å². The van der Waals surface area contributed by atoms with Gasteiger partial charge in [-0.25, -0.2) is 0 Å². The van der Waals surface area contributed by atoms with E-state index >= 15 is 0 Å². The van der Waals surface area contributed by atoms with E-state index in [9.17, 15) is 10.1 Å². The molecule has 0 spiro atoms. The van der Waals surface area contributed by atoms with E-state index in [-0.39, 0.29) is 22.9 Å². The second kappa shape index (κ2) is 6.20. The van der Waals surface area contributed by atoms with Crippen molar-refractivity contribution in [3.8, 4) is 5.75 Å². The molecule has 2 rings (SSSR count). The highest BCUT2D eigenvalue weighted by Gasteiger charge is 2.38. The average Bonchev–Trinajstić information content (AvgIpc) is 2.43. The van der Waals surface area contributed by atoms with E-state index in [0.717, 1.165) is 12.0 Å². The predicted molar refractivity (Wildman–Crippen MR) is 97.4 cm³/mol. The van der Waals surface area contributed by atoms with E-state index in [2.05, 4.69) is 45.7 Å². The van der Waals surface area contributed by atoms with Crippen LogP contribution >= 0.6 is 0 Å². The molecule has 132 valence electrons.